The van der Waals surface area contributed by atoms with E-state index in [4.69, 9.17) is 38.3 Å². The third kappa shape index (κ3) is 21.3. The molecule has 11 N–H and O–H groups in total. The van der Waals surface area contributed by atoms with E-state index < -0.39 is 129 Å². The number of hydrogen-bond donors (Lipinski definition) is 11. The van der Waals surface area contributed by atoms with Gasteiger partial charge >= 0.3 is 11.9 Å². The van der Waals surface area contributed by atoms with Crippen LogP contribution in [0.3, 0.4) is 0 Å². The van der Waals surface area contributed by atoms with E-state index in [9.17, 15) is 60.7 Å². The number of aliphatic carboxylic acids is 1. The molecule has 3 saturated heterocycles. The van der Waals surface area contributed by atoms with Gasteiger partial charge in [-0.05, 0) is 44.4 Å². The van der Waals surface area contributed by atoms with E-state index in [0.717, 1.165) is 89.9 Å². The van der Waals surface area contributed by atoms with Crippen LogP contribution in [0.25, 0.3) is 0 Å². The lowest BCUT2D eigenvalue weighted by molar-refractivity contribution is -0.380. The second-order valence-corrected chi connectivity index (χ2v) is 19.2. The van der Waals surface area contributed by atoms with Gasteiger partial charge in [0.15, 0.2) is 25.0 Å². The van der Waals surface area contributed by atoms with Crippen molar-refractivity contribution in [3.05, 3.63) is 0 Å². The lowest BCUT2D eigenvalue weighted by atomic mass is 9.98. The van der Waals surface area contributed by atoms with Gasteiger partial charge in [-0.25, -0.2) is 4.79 Å². The van der Waals surface area contributed by atoms with Crippen molar-refractivity contribution in [3.63, 3.8) is 0 Å². The van der Waals surface area contributed by atoms with Crippen LogP contribution in [-0.2, 0) is 42.7 Å². The van der Waals surface area contributed by atoms with Crippen LogP contribution in [-0.4, -0.2) is 192 Å². The molecule has 0 aliphatic carbocycles. The zero-order valence-corrected chi connectivity index (χ0v) is 40.0. The zero-order valence-electron chi connectivity index (χ0n) is 40.0. The summed E-state index contributed by atoms with van der Waals surface area (Å²) >= 11 is 0. The highest BCUT2D eigenvalue weighted by molar-refractivity contribution is 5.71. The highest BCUT2D eigenvalue weighted by atomic mass is 16.8. The first kappa shape index (κ1) is 59.6. The Kier molecular flexibility index (Phi) is 28.7. The lowest BCUT2D eigenvalue weighted by Crippen LogP contribution is -2.64. The van der Waals surface area contributed by atoms with E-state index in [1.807, 2.05) is 20.8 Å². The molecule has 3 fully saturated rings. The van der Waals surface area contributed by atoms with Gasteiger partial charge in [0.25, 0.3) is 0 Å². The molecule has 20 nitrogen and oxygen atoms in total. The standard InChI is InChI=1S/C47H86O20/c1-4-5-19-29(20-18-23-31(49)30(48)21-16-14-12-10-8-6-7-9-11-13-15-17-22-32(50)44(59)60)64-46-42(37(54)33(51)25-62-46)67-47-43(38(55)34(52)26-63-47)66-45-41(58)40(57)39(56)35(65-45)27-61-36(53)24-28(2)3/h28-35,37-43,45-52,54-58H,4-27H2,1-3H3,(H,59,60)/t29-,30+,31+,32+,33+,34+,35+,37-,38-,39+,40-,41+,42+,43+,45-,46-,47-/m1/s1. The van der Waals surface area contributed by atoms with Gasteiger partial charge in [-0.1, -0.05) is 111 Å². The van der Waals surface area contributed by atoms with Crippen molar-refractivity contribution in [1.82, 2.24) is 0 Å². The first-order valence-corrected chi connectivity index (χ1v) is 25.0. The third-order valence-corrected chi connectivity index (χ3v) is 12.8. The van der Waals surface area contributed by atoms with Crippen molar-refractivity contribution >= 4 is 11.9 Å². The molecule has 67 heavy (non-hydrogen) atoms. The van der Waals surface area contributed by atoms with E-state index in [1.54, 1.807) is 0 Å². The molecule has 0 amide bonds. The first-order valence-electron chi connectivity index (χ1n) is 25.0. The summed E-state index contributed by atoms with van der Waals surface area (Å²) in [6.07, 6.45) is -7.52. The molecule has 0 spiro atoms. The monoisotopic (exact) mass is 971 g/mol. The fourth-order valence-corrected chi connectivity index (χ4v) is 8.52. The largest absolute Gasteiger partial charge is 0.479 e. The number of rotatable bonds is 34. The number of aliphatic hydroxyl groups is 10. The van der Waals surface area contributed by atoms with E-state index >= 15 is 0 Å². The van der Waals surface area contributed by atoms with Crippen molar-refractivity contribution in [2.24, 2.45) is 5.92 Å². The van der Waals surface area contributed by atoms with Crippen molar-refractivity contribution in [2.75, 3.05) is 19.8 Å². The molecular weight excluding hydrogens is 884 g/mol. The molecule has 0 unspecified atom stereocenters. The molecule has 0 saturated carbocycles. The smallest absolute Gasteiger partial charge is 0.332 e. The fraction of sp³-hybridized carbons (Fsp3) is 0.957. The zero-order chi connectivity index (χ0) is 49.5. The Labute approximate surface area is 395 Å². The summed E-state index contributed by atoms with van der Waals surface area (Å²) in [6, 6.07) is 0. The van der Waals surface area contributed by atoms with Gasteiger partial charge < -0.3 is 89.3 Å². The van der Waals surface area contributed by atoms with Crippen molar-refractivity contribution in [1.29, 1.82) is 0 Å². The summed E-state index contributed by atoms with van der Waals surface area (Å²) in [7, 11) is 0. The Morgan fingerprint density at radius 1 is 0.567 bits per heavy atom. The number of unbranched alkanes of at least 4 members (excludes halogenated alkanes) is 12. The number of carboxylic acids is 1. The SMILES string of the molecule is CCCC[C@H](CCC[C@H](O)[C@@H](O)CCCCCCCCCCCCCC[C@H](O)C(=O)O)O[C@H]1OC[C@H](O)[C@@H](O)[C@@H]1O[C@H]1OC[C@H](O)[C@@H](O)[C@@H]1O[C@H]1O[C@@H](COC(=O)CC(C)C)[C@H](O)[C@@H](O)[C@@H]1O. The molecule has 17 atom stereocenters. The summed E-state index contributed by atoms with van der Waals surface area (Å²) in [6.45, 7) is 4.40. The number of aliphatic hydroxyl groups excluding tert-OH is 10. The Hall–Kier alpha value is -1.70. The maximum Gasteiger partial charge on any atom is 0.332 e. The molecule has 3 rings (SSSR count). The Morgan fingerprint density at radius 3 is 1.58 bits per heavy atom. The van der Waals surface area contributed by atoms with Crippen LogP contribution < -0.4 is 0 Å². The van der Waals surface area contributed by atoms with Gasteiger partial charge in [-0.2, -0.15) is 0 Å². The average molecular weight is 971 g/mol. The van der Waals surface area contributed by atoms with E-state index in [0.29, 0.717) is 38.5 Å². The molecule has 0 aromatic carbocycles. The van der Waals surface area contributed by atoms with Gasteiger partial charge in [0.2, 0.25) is 0 Å². The van der Waals surface area contributed by atoms with Gasteiger partial charge in [-0.15, -0.1) is 0 Å². The molecule has 3 aliphatic rings. The van der Waals surface area contributed by atoms with Gasteiger partial charge in [0.1, 0.15) is 67.6 Å². The molecule has 20 heteroatoms. The fourth-order valence-electron chi connectivity index (χ4n) is 8.52. The summed E-state index contributed by atoms with van der Waals surface area (Å²) in [5, 5.41) is 115. The van der Waals surface area contributed by atoms with Crippen LogP contribution >= 0.6 is 0 Å². The number of carbonyl (C=O) groups is 2. The minimum atomic E-state index is -1.88. The molecule has 394 valence electrons. The highest BCUT2D eigenvalue weighted by Gasteiger charge is 2.51. The normalized spacial score (nSPS) is 32.2. The number of esters is 1. The quantitative estimate of drug-likeness (QED) is 0.0323. The maximum absolute atomic E-state index is 12.2. The second-order valence-electron chi connectivity index (χ2n) is 19.2. The van der Waals surface area contributed by atoms with Crippen LogP contribution in [0, 0.1) is 5.92 Å². The van der Waals surface area contributed by atoms with E-state index in [-0.39, 0.29) is 18.9 Å². The molecule has 0 aromatic heterocycles. The molecule has 0 aromatic rings. The minimum absolute atomic E-state index is 0.0120. The van der Waals surface area contributed by atoms with Gasteiger partial charge in [-0.3, -0.25) is 4.79 Å². The van der Waals surface area contributed by atoms with Crippen LogP contribution in [0.4, 0.5) is 0 Å². The van der Waals surface area contributed by atoms with Crippen LogP contribution in [0.2, 0.25) is 0 Å². The van der Waals surface area contributed by atoms with E-state index in [2.05, 4.69) is 0 Å². The predicted octanol–water partition coefficient (Wildman–Crippen LogP) is 1.68. The number of ether oxygens (including phenoxy) is 7. The number of hydrogen-bond acceptors (Lipinski definition) is 19. The average Bonchev–Trinajstić information content (AvgIpc) is 3.29. The summed E-state index contributed by atoms with van der Waals surface area (Å²) in [5.74, 6) is -1.75. The Bertz CT molecular complexity index is 1330. The van der Waals surface area contributed by atoms with Crippen molar-refractivity contribution in [3.8, 4) is 0 Å². The number of carboxylic acid groups (broad SMARTS) is 1. The van der Waals surface area contributed by atoms with Crippen LogP contribution in [0.15, 0.2) is 0 Å². The van der Waals surface area contributed by atoms with Crippen LogP contribution in [0.1, 0.15) is 156 Å². The van der Waals surface area contributed by atoms with E-state index in [1.165, 1.54) is 0 Å². The molecule has 0 bridgehead atoms. The van der Waals surface area contributed by atoms with Gasteiger partial charge in [0.05, 0.1) is 31.5 Å². The molecule has 0 radical (unpaired) electrons. The molecule has 3 aliphatic heterocycles. The summed E-state index contributed by atoms with van der Waals surface area (Å²) < 4.78 is 40.8. The van der Waals surface area contributed by atoms with Crippen molar-refractivity contribution in [2.45, 2.75) is 260 Å². The summed E-state index contributed by atoms with van der Waals surface area (Å²) in [4.78, 5) is 22.9. The van der Waals surface area contributed by atoms with Crippen molar-refractivity contribution < 1.29 is 98.9 Å². The molecule has 3 heterocycles. The van der Waals surface area contributed by atoms with Gasteiger partial charge in [0, 0.05) is 6.42 Å². The topological polar surface area (TPSA) is 321 Å². The maximum atomic E-state index is 12.2. The predicted molar refractivity (Wildman–Crippen MR) is 239 cm³/mol. The Morgan fingerprint density at radius 2 is 1.04 bits per heavy atom. The third-order valence-electron chi connectivity index (χ3n) is 12.8. The lowest BCUT2D eigenvalue weighted by Gasteiger charge is -2.46. The highest BCUT2D eigenvalue weighted by Crippen LogP contribution is 2.32. The first-order chi connectivity index (χ1) is 31.9. The summed E-state index contributed by atoms with van der Waals surface area (Å²) in [5.41, 5.74) is 0. The minimum Gasteiger partial charge on any atom is -0.479 e. The van der Waals surface area contributed by atoms with Crippen LogP contribution in [0.5, 0.6) is 0 Å². The second kappa shape index (κ2) is 32.3. The Balaban J connectivity index is 1.48. The molecular formula is C47H86O20. The number of carbonyl (C=O) groups excluding carboxylic acids is 1.